The zero-order valence-corrected chi connectivity index (χ0v) is 10.4. The summed E-state index contributed by atoms with van der Waals surface area (Å²) in [5, 5.41) is 4.02. The van der Waals surface area contributed by atoms with Gasteiger partial charge in [0.05, 0.1) is 5.02 Å². The van der Waals surface area contributed by atoms with Gasteiger partial charge in [-0.2, -0.15) is 0 Å². The van der Waals surface area contributed by atoms with Crippen LogP contribution in [-0.4, -0.2) is 11.0 Å². The molecular weight excluding hydrogens is 208 g/mol. The number of hydrogen-bond donors (Lipinski definition) is 1. The molecule has 0 fully saturated rings. The first-order valence-corrected chi connectivity index (χ1v) is 5.88. The van der Waals surface area contributed by atoms with Crippen molar-refractivity contribution in [1.82, 2.24) is 4.98 Å². The van der Waals surface area contributed by atoms with Crippen molar-refractivity contribution < 1.29 is 0 Å². The molecule has 0 aromatic carbocycles. The fraction of sp³-hybridized carbons (Fsp3) is 0.583. The van der Waals surface area contributed by atoms with Crippen molar-refractivity contribution >= 4 is 17.4 Å². The predicted octanol–water partition coefficient (Wildman–Crippen LogP) is 3.97. The van der Waals surface area contributed by atoms with E-state index in [0.717, 1.165) is 18.2 Å². The van der Waals surface area contributed by atoms with E-state index in [4.69, 9.17) is 11.6 Å². The Morgan fingerprint density at radius 2 is 2.20 bits per heavy atom. The highest BCUT2D eigenvalue weighted by molar-refractivity contribution is 6.32. The largest absolute Gasteiger partial charge is 0.366 e. The number of halogens is 1. The first kappa shape index (κ1) is 12.3. The Balaban J connectivity index is 2.51. The van der Waals surface area contributed by atoms with Crippen LogP contribution in [0.25, 0.3) is 0 Å². The molecule has 0 bridgehead atoms. The first-order valence-electron chi connectivity index (χ1n) is 5.50. The maximum Gasteiger partial charge on any atom is 0.144 e. The molecule has 3 heteroatoms. The molecule has 2 atom stereocenters. The van der Waals surface area contributed by atoms with E-state index in [0.29, 0.717) is 11.1 Å². The second-order valence-corrected chi connectivity index (χ2v) is 4.54. The van der Waals surface area contributed by atoms with Crippen molar-refractivity contribution in [1.29, 1.82) is 0 Å². The molecular formula is C12H19ClN2. The summed E-state index contributed by atoms with van der Waals surface area (Å²) in [6, 6.07) is 4.10. The highest BCUT2D eigenvalue weighted by Gasteiger charge is 2.09. The van der Waals surface area contributed by atoms with E-state index in [1.54, 1.807) is 6.20 Å². The van der Waals surface area contributed by atoms with Crippen LogP contribution in [-0.2, 0) is 0 Å². The third-order valence-electron chi connectivity index (χ3n) is 2.59. The Morgan fingerprint density at radius 1 is 1.47 bits per heavy atom. The monoisotopic (exact) mass is 226 g/mol. The summed E-state index contributed by atoms with van der Waals surface area (Å²) < 4.78 is 0. The fourth-order valence-electron chi connectivity index (χ4n) is 1.55. The highest BCUT2D eigenvalue weighted by Crippen LogP contribution is 2.20. The minimum atomic E-state index is 0.410. The zero-order chi connectivity index (χ0) is 11.3. The molecule has 0 aliphatic carbocycles. The molecule has 1 aromatic heterocycles. The van der Waals surface area contributed by atoms with Gasteiger partial charge in [0.1, 0.15) is 5.82 Å². The Kier molecular flexibility index (Phi) is 4.89. The van der Waals surface area contributed by atoms with Gasteiger partial charge in [0.25, 0.3) is 0 Å². The smallest absolute Gasteiger partial charge is 0.144 e. The molecule has 0 radical (unpaired) electrons. The lowest BCUT2D eigenvalue weighted by Crippen LogP contribution is -2.19. The normalized spacial score (nSPS) is 14.7. The molecule has 0 amide bonds. The van der Waals surface area contributed by atoms with E-state index in [-0.39, 0.29) is 0 Å². The van der Waals surface area contributed by atoms with E-state index in [1.165, 1.54) is 6.42 Å². The molecule has 0 saturated carbocycles. The van der Waals surface area contributed by atoms with Crippen molar-refractivity contribution in [3.05, 3.63) is 23.4 Å². The summed E-state index contributed by atoms with van der Waals surface area (Å²) >= 11 is 6.01. The average molecular weight is 227 g/mol. The molecule has 1 rings (SSSR count). The number of hydrogen-bond acceptors (Lipinski definition) is 2. The predicted molar refractivity (Wildman–Crippen MR) is 66.4 cm³/mol. The molecule has 1 heterocycles. The molecule has 1 aromatic rings. The lowest BCUT2D eigenvalue weighted by atomic mass is 10.0. The van der Waals surface area contributed by atoms with Gasteiger partial charge in [0, 0.05) is 12.2 Å². The van der Waals surface area contributed by atoms with Crippen LogP contribution in [0.4, 0.5) is 5.82 Å². The van der Waals surface area contributed by atoms with Crippen LogP contribution in [0.2, 0.25) is 5.02 Å². The van der Waals surface area contributed by atoms with Gasteiger partial charge in [-0.05, 0) is 31.4 Å². The molecule has 0 aliphatic heterocycles. The standard InChI is InChI=1S/C12H19ClN2/c1-4-9(2)8-10(3)15-12-11(13)6-5-7-14-12/h5-7,9-10H,4,8H2,1-3H3,(H,14,15). The number of nitrogens with zero attached hydrogens (tertiary/aromatic N) is 1. The highest BCUT2D eigenvalue weighted by atomic mass is 35.5. The van der Waals surface area contributed by atoms with E-state index in [1.807, 2.05) is 12.1 Å². The number of nitrogens with one attached hydrogen (secondary N) is 1. The van der Waals surface area contributed by atoms with Crippen molar-refractivity contribution in [3.63, 3.8) is 0 Å². The van der Waals surface area contributed by atoms with E-state index in [2.05, 4.69) is 31.1 Å². The van der Waals surface area contributed by atoms with Gasteiger partial charge < -0.3 is 5.32 Å². The fourth-order valence-corrected chi connectivity index (χ4v) is 1.73. The van der Waals surface area contributed by atoms with Gasteiger partial charge in [0.15, 0.2) is 0 Å². The van der Waals surface area contributed by atoms with Crippen LogP contribution in [0.3, 0.4) is 0 Å². The van der Waals surface area contributed by atoms with Crippen molar-refractivity contribution in [2.45, 2.75) is 39.7 Å². The van der Waals surface area contributed by atoms with Gasteiger partial charge in [-0.25, -0.2) is 4.98 Å². The van der Waals surface area contributed by atoms with Crippen molar-refractivity contribution in [2.75, 3.05) is 5.32 Å². The van der Waals surface area contributed by atoms with Crippen LogP contribution >= 0.6 is 11.6 Å². The SMILES string of the molecule is CCC(C)CC(C)Nc1ncccc1Cl. The summed E-state index contributed by atoms with van der Waals surface area (Å²) in [5.74, 6) is 1.52. The van der Waals surface area contributed by atoms with Gasteiger partial charge >= 0.3 is 0 Å². The number of pyridine rings is 1. The van der Waals surface area contributed by atoms with Crippen molar-refractivity contribution in [2.24, 2.45) is 5.92 Å². The van der Waals surface area contributed by atoms with Crippen molar-refractivity contribution in [3.8, 4) is 0 Å². The van der Waals surface area contributed by atoms with E-state index < -0.39 is 0 Å². The molecule has 2 nitrogen and oxygen atoms in total. The minimum Gasteiger partial charge on any atom is -0.366 e. The lowest BCUT2D eigenvalue weighted by molar-refractivity contribution is 0.483. The van der Waals surface area contributed by atoms with Crippen LogP contribution in [0.1, 0.15) is 33.6 Å². The molecule has 0 aliphatic rings. The molecule has 2 unspecified atom stereocenters. The first-order chi connectivity index (χ1) is 7.13. The van der Waals surface area contributed by atoms with Crippen LogP contribution in [0.5, 0.6) is 0 Å². The third-order valence-corrected chi connectivity index (χ3v) is 2.90. The molecule has 0 spiro atoms. The van der Waals surface area contributed by atoms with Crippen LogP contribution < -0.4 is 5.32 Å². The molecule has 0 saturated heterocycles. The molecule has 84 valence electrons. The van der Waals surface area contributed by atoms with Gasteiger partial charge in [-0.15, -0.1) is 0 Å². The second-order valence-electron chi connectivity index (χ2n) is 4.13. The van der Waals surface area contributed by atoms with Gasteiger partial charge in [0.2, 0.25) is 0 Å². The van der Waals surface area contributed by atoms with Gasteiger partial charge in [-0.3, -0.25) is 0 Å². The Morgan fingerprint density at radius 3 is 2.80 bits per heavy atom. The maximum atomic E-state index is 6.01. The maximum absolute atomic E-state index is 6.01. The number of anilines is 1. The average Bonchev–Trinajstić information content (AvgIpc) is 2.21. The lowest BCUT2D eigenvalue weighted by Gasteiger charge is -2.18. The van der Waals surface area contributed by atoms with Crippen LogP contribution in [0, 0.1) is 5.92 Å². The summed E-state index contributed by atoms with van der Waals surface area (Å²) in [4.78, 5) is 4.21. The molecule has 1 N–H and O–H groups in total. The Bertz CT molecular complexity index is 301. The topological polar surface area (TPSA) is 24.9 Å². The summed E-state index contributed by atoms with van der Waals surface area (Å²) in [6.07, 6.45) is 4.11. The van der Waals surface area contributed by atoms with E-state index in [9.17, 15) is 0 Å². The van der Waals surface area contributed by atoms with E-state index >= 15 is 0 Å². The number of aromatic nitrogens is 1. The second kappa shape index (κ2) is 5.96. The number of rotatable bonds is 5. The summed E-state index contributed by atoms with van der Waals surface area (Å²) in [7, 11) is 0. The minimum absolute atomic E-state index is 0.410. The Hall–Kier alpha value is -0.760. The Labute approximate surface area is 97.1 Å². The van der Waals surface area contributed by atoms with Crippen LogP contribution in [0.15, 0.2) is 18.3 Å². The quantitative estimate of drug-likeness (QED) is 0.822. The zero-order valence-electron chi connectivity index (χ0n) is 9.63. The van der Waals surface area contributed by atoms with Gasteiger partial charge in [-0.1, -0.05) is 31.9 Å². The molecule has 15 heavy (non-hydrogen) atoms. The summed E-state index contributed by atoms with van der Waals surface area (Å²) in [6.45, 7) is 6.64. The third kappa shape index (κ3) is 4.08. The summed E-state index contributed by atoms with van der Waals surface area (Å²) in [5.41, 5.74) is 0.